The van der Waals surface area contributed by atoms with Crippen LogP contribution in [0.2, 0.25) is 0 Å². The monoisotopic (exact) mass is 495 g/mol. The molecule has 0 aliphatic carbocycles. The fraction of sp³-hybridized carbons (Fsp3) is 0.696. The quantitative estimate of drug-likeness (QED) is 0.231. The summed E-state index contributed by atoms with van der Waals surface area (Å²) in [4.78, 5) is 8.90. The number of carboxylic acid groups (broad SMARTS) is 1. The minimum Gasteiger partial charge on any atom is -0.508 e. The van der Waals surface area contributed by atoms with Crippen LogP contribution >= 0.6 is 0 Å². The second-order valence-electron chi connectivity index (χ2n) is 8.52. The minimum atomic E-state index is -5.08. The van der Waals surface area contributed by atoms with Gasteiger partial charge in [0.15, 0.2) is 0 Å². The minimum absolute atomic E-state index is 0.258. The Morgan fingerprint density at radius 1 is 0.824 bits per heavy atom. The average molecular weight is 496 g/mol. The number of piperidine rings is 1. The number of aliphatic hydroxyl groups is 4. The zero-order valence-corrected chi connectivity index (χ0v) is 19.0. The summed E-state index contributed by atoms with van der Waals surface area (Å²) in [6, 6.07) is 6.54. The van der Waals surface area contributed by atoms with E-state index in [0.29, 0.717) is 5.75 Å². The first-order chi connectivity index (χ1) is 16.0. The van der Waals surface area contributed by atoms with Crippen LogP contribution in [0.5, 0.6) is 5.75 Å². The highest BCUT2D eigenvalue weighted by atomic mass is 19.4. The second kappa shape index (κ2) is 15.2. The highest BCUT2D eigenvalue weighted by molar-refractivity contribution is 5.73. The lowest BCUT2D eigenvalue weighted by Crippen LogP contribution is -2.65. The van der Waals surface area contributed by atoms with Crippen molar-refractivity contribution in [3.63, 3.8) is 0 Å². The van der Waals surface area contributed by atoms with Gasteiger partial charge in [-0.1, -0.05) is 50.7 Å². The Balaban J connectivity index is 0.000000718. The first-order valence-electron chi connectivity index (χ1n) is 11.5. The predicted octanol–water partition coefficient (Wildman–Crippen LogP) is 2.10. The molecule has 1 aromatic rings. The highest BCUT2D eigenvalue weighted by Crippen LogP contribution is 2.20. The molecule has 1 heterocycles. The van der Waals surface area contributed by atoms with E-state index < -0.39 is 36.5 Å². The lowest BCUT2D eigenvalue weighted by molar-refractivity contribution is -0.192. The number of carbonyl (C=O) groups is 1. The summed E-state index contributed by atoms with van der Waals surface area (Å²) in [5, 5.41) is 58.4. The molecule has 0 bridgehead atoms. The number of phenols is 1. The number of nitrogens with one attached hydrogen (secondary N) is 1. The van der Waals surface area contributed by atoms with Crippen molar-refractivity contribution in [3.05, 3.63) is 29.8 Å². The van der Waals surface area contributed by atoms with Crippen LogP contribution in [0, 0.1) is 0 Å². The summed E-state index contributed by atoms with van der Waals surface area (Å²) in [7, 11) is 0. The number of aromatic hydroxyl groups is 1. The molecule has 8 nitrogen and oxygen atoms in total. The van der Waals surface area contributed by atoms with Crippen LogP contribution in [-0.4, -0.2) is 79.8 Å². The number of hydrogen-bond acceptors (Lipinski definition) is 7. The van der Waals surface area contributed by atoms with E-state index in [0.717, 1.165) is 38.5 Å². The average Bonchev–Trinajstić information content (AvgIpc) is 2.78. The number of aliphatic carboxylic acids is 1. The smallest absolute Gasteiger partial charge is 0.490 e. The van der Waals surface area contributed by atoms with Crippen molar-refractivity contribution < 1.29 is 48.6 Å². The topological polar surface area (TPSA) is 150 Å². The van der Waals surface area contributed by atoms with Gasteiger partial charge in [-0.15, -0.1) is 0 Å². The van der Waals surface area contributed by atoms with E-state index in [4.69, 9.17) is 9.90 Å². The van der Waals surface area contributed by atoms with E-state index >= 15 is 0 Å². The molecule has 0 aromatic heterocycles. The molecule has 0 unspecified atom stereocenters. The summed E-state index contributed by atoms with van der Waals surface area (Å²) in [6.45, 7) is -0.258. The molecular weight excluding hydrogens is 459 g/mol. The van der Waals surface area contributed by atoms with Gasteiger partial charge in [0.2, 0.25) is 0 Å². The largest absolute Gasteiger partial charge is 0.508 e. The Hall–Kier alpha value is -1.92. The highest BCUT2D eigenvalue weighted by Gasteiger charge is 2.41. The van der Waals surface area contributed by atoms with E-state index in [9.17, 15) is 38.7 Å². The Labute approximate surface area is 197 Å². The number of halogens is 3. The number of aryl methyl sites for hydroxylation is 1. The first-order valence-corrected chi connectivity index (χ1v) is 11.5. The Morgan fingerprint density at radius 3 is 1.79 bits per heavy atom. The fourth-order valence-electron chi connectivity index (χ4n) is 3.80. The van der Waals surface area contributed by atoms with Gasteiger partial charge < -0.3 is 36.0 Å². The second-order valence-corrected chi connectivity index (χ2v) is 8.52. The van der Waals surface area contributed by atoms with Gasteiger partial charge in [0.1, 0.15) is 11.9 Å². The number of aliphatic hydroxyl groups excluding tert-OH is 4. The normalized spacial score (nSPS) is 24.9. The predicted molar refractivity (Wildman–Crippen MR) is 118 cm³/mol. The molecule has 11 heteroatoms. The van der Waals surface area contributed by atoms with Crippen molar-refractivity contribution in [1.29, 1.82) is 0 Å². The number of carboxylic acids is 1. The van der Waals surface area contributed by atoms with Gasteiger partial charge >= 0.3 is 12.1 Å². The maximum Gasteiger partial charge on any atom is 0.490 e. The van der Waals surface area contributed by atoms with E-state index in [1.807, 2.05) is 12.1 Å². The third-order valence-electron chi connectivity index (χ3n) is 5.81. The summed E-state index contributed by atoms with van der Waals surface area (Å²) in [5.74, 6) is -2.44. The van der Waals surface area contributed by atoms with Crippen molar-refractivity contribution in [2.45, 2.75) is 94.4 Å². The summed E-state index contributed by atoms with van der Waals surface area (Å²) < 4.78 is 31.7. The Kier molecular flexibility index (Phi) is 13.4. The van der Waals surface area contributed by atoms with E-state index in [1.54, 1.807) is 12.1 Å². The van der Waals surface area contributed by atoms with Crippen molar-refractivity contribution in [3.8, 4) is 5.75 Å². The van der Waals surface area contributed by atoms with Crippen molar-refractivity contribution in [1.82, 2.24) is 5.32 Å². The number of unbranched alkanes of at least 4 members (excludes halogenated alkanes) is 6. The van der Waals surface area contributed by atoms with Gasteiger partial charge in [-0.25, -0.2) is 4.79 Å². The number of hydrogen-bond donors (Lipinski definition) is 7. The maximum absolute atomic E-state index is 10.6. The van der Waals surface area contributed by atoms with E-state index in [1.165, 1.54) is 24.8 Å². The van der Waals surface area contributed by atoms with Crippen molar-refractivity contribution >= 4 is 5.97 Å². The van der Waals surface area contributed by atoms with Crippen molar-refractivity contribution in [2.75, 3.05) is 6.61 Å². The van der Waals surface area contributed by atoms with E-state index in [-0.39, 0.29) is 12.6 Å². The number of alkyl halides is 3. The van der Waals surface area contributed by atoms with Gasteiger partial charge in [0.05, 0.1) is 24.9 Å². The molecule has 0 spiro atoms. The Morgan fingerprint density at radius 2 is 1.29 bits per heavy atom. The third kappa shape index (κ3) is 11.0. The standard InChI is InChI=1S/C21H35NO5.C2HF3O2/c23-14-18-20(26)21(27)19(25)17(22-18)9-7-5-3-1-2-4-6-8-15-10-12-16(24)13-11-15;3-2(4,5)1(6)7/h10-13,17-27H,1-9,14H2;(H,6,7)/t17-,18-,19+,20-,21-;/m1./s1. The van der Waals surface area contributed by atoms with Crippen LogP contribution < -0.4 is 5.32 Å². The molecule has 7 N–H and O–H groups in total. The number of phenolic OH excluding ortho intramolecular Hbond substituents is 1. The van der Waals surface area contributed by atoms with Crippen LogP contribution in [-0.2, 0) is 11.2 Å². The zero-order chi connectivity index (χ0) is 25.7. The first kappa shape index (κ1) is 30.1. The summed E-state index contributed by atoms with van der Waals surface area (Å²) in [5.41, 5.74) is 1.26. The van der Waals surface area contributed by atoms with Crippen LogP contribution in [0.1, 0.15) is 56.9 Å². The van der Waals surface area contributed by atoms with Crippen LogP contribution in [0.25, 0.3) is 0 Å². The van der Waals surface area contributed by atoms with Gasteiger partial charge in [0.25, 0.3) is 0 Å². The molecule has 1 aliphatic heterocycles. The van der Waals surface area contributed by atoms with Crippen LogP contribution in [0.4, 0.5) is 13.2 Å². The molecule has 2 rings (SSSR count). The van der Waals surface area contributed by atoms with Gasteiger partial charge in [-0.2, -0.15) is 13.2 Å². The van der Waals surface area contributed by atoms with E-state index in [2.05, 4.69) is 5.32 Å². The fourth-order valence-corrected chi connectivity index (χ4v) is 3.80. The maximum atomic E-state index is 10.6. The van der Waals surface area contributed by atoms with Gasteiger partial charge in [-0.3, -0.25) is 0 Å². The lowest BCUT2D eigenvalue weighted by atomic mass is 9.88. The van der Waals surface area contributed by atoms with Crippen LogP contribution in [0.15, 0.2) is 24.3 Å². The molecule has 1 saturated heterocycles. The SMILES string of the molecule is O=C(O)C(F)(F)F.OC[C@H]1N[C@H](CCCCCCCCCc2ccc(O)cc2)[C@H](O)[C@@H](O)[C@@H]1O. The molecular formula is C23H36F3NO7. The van der Waals surface area contributed by atoms with Crippen molar-refractivity contribution in [2.24, 2.45) is 0 Å². The molecule has 5 atom stereocenters. The summed E-state index contributed by atoms with van der Waals surface area (Å²) >= 11 is 0. The molecule has 1 aromatic carbocycles. The zero-order valence-electron chi connectivity index (χ0n) is 19.0. The molecule has 0 saturated carbocycles. The van der Waals surface area contributed by atoms with Gasteiger partial charge in [-0.05, 0) is 37.0 Å². The summed E-state index contributed by atoms with van der Waals surface area (Å²) in [6.07, 6.45) is 1.28. The number of rotatable bonds is 11. The third-order valence-corrected chi connectivity index (χ3v) is 5.81. The number of benzene rings is 1. The molecule has 0 amide bonds. The molecule has 1 fully saturated rings. The molecule has 196 valence electrons. The molecule has 1 aliphatic rings. The lowest BCUT2D eigenvalue weighted by Gasteiger charge is -2.41. The molecule has 0 radical (unpaired) electrons. The van der Waals surface area contributed by atoms with Gasteiger partial charge in [0, 0.05) is 6.04 Å². The van der Waals surface area contributed by atoms with Crippen LogP contribution in [0.3, 0.4) is 0 Å². The molecule has 34 heavy (non-hydrogen) atoms. The Bertz CT molecular complexity index is 701.